The molecule has 0 saturated heterocycles. The average molecular weight is 314 g/mol. The van der Waals surface area contributed by atoms with Gasteiger partial charge in [0.05, 0.1) is 0 Å². The highest BCUT2D eigenvalue weighted by Crippen LogP contribution is 2.31. The highest BCUT2D eigenvalue weighted by molar-refractivity contribution is 8.02. The lowest BCUT2D eigenvalue weighted by atomic mass is 10.2. The van der Waals surface area contributed by atoms with Crippen molar-refractivity contribution in [1.29, 1.82) is 0 Å². The smallest absolute Gasteiger partial charge is 0.175 e. The van der Waals surface area contributed by atoms with E-state index in [1.165, 1.54) is 30.7 Å². The lowest BCUT2D eigenvalue weighted by Gasteiger charge is -1.99. The summed E-state index contributed by atoms with van der Waals surface area (Å²) in [5.74, 6) is 1.53. The van der Waals surface area contributed by atoms with Gasteiger partial charge in [0.15, 0.2) is 8.68 Å². The first-order valence-electron chi connectivity index (χ1n) is 6.12. The van der Waals surface area contributed by atoms with Gasteiger partial charge in [0, 0.05) is 11.5 Å². The van der Waals surface area contributed by atoms with Gasteiger partial charge < -0.3 is 0 Å². The Kier molecular flexibility index (Phi) is 6.13. The number of unbranched alkanes of at least 4 members (excludes halogenated alkanes) is 1. The predicted octanol–water partition coefficient (Wildman–Crippen LogP) is 4.86. The molecule has 19 heavy (non-hydrogen) atoms. The van der Waals surface area contributed by atoms with Crippen LogP contribution >= 0.6 is 34.9 Å². The number of hydrogen-bond donors (Lipinski definition) is 0. The maximum atomic E-state index is 13.5. The number of hydrogen-bond acceptors (Lipinski definition) is 5. The van der Waals surface area contributed by atoms with Gasteiger partial charge in [0.2, 0.25) is 0 Å². The first-order valence-corrected chi connectivity index (χ1v) is 8.91. The molecule has 0 atom stereocenters. The highest BCUT2D eigenvalue weighted by Gasteiger charge is 2.07. The second-order valence-corrected chi connectivity index (χ2v) is 7.46. The van der Waals surface area contributed by atoms with Gasteiger partial charge in [-0.15, -0.1) is 10.2 Å². The largest absolute Gasteiger partial charge is 0.207 e. The fraction of sp³-hybridized carbons (Fsp3) is 0.385. The van der Waals surface area contributed by atoms with E-state index >= 15 is 0 Å². The van der Waals surface area contributed by atoms with Gasteiger partial charge in [-0.3, -0.25) is 0 Å². The summed E-state index contributed by atoms with van der Waals surface area (Å²) in [4.78, 5) is 0. The summed E-state index contributed by atoms with van der Waals surface area (Å²) >= 11 is 4.88. The summed E-state index contributed by atoms with van der Waals surface area (Å²) in [5.41, 5.74) is 0.711. The molecular formula is C13H15FN2S3. The third-order valence-electron chi connectivity index (χ3n) is 2.42. The molecule has 0 aliphatic rings. The SMILES string of the molecule is CCCCSc1nnc(SCc2ccccc2F)s1. The van der Waals surface area contributed by atoms with Crippen molar-refractivity contribution in [3.05, 3.63) is 35.6 Å². The first-order chi connectivity index (χ1) is 9.29. The second kappa shape index (κ2) is 7.87. The third kappa shape index (κ3) is 4.78. The van der Waals surface area contributed by atoms with Crippen molar-refractivity contribution < 1.29 is 4.39 Å². The zero-order valence-corrected chi connectivity index (χ0v) is 13.1. The Bertz CT molecular complexity index is 516. The highest BCUT2D eigenvalue weighted by atomic mass is 32.2. The van der Waals surface area contributed by atoms with Crippen LogP contribution in [-0.2, 0) is 5.75 Å². The number of thioether (sulfide) groups is 2. The molecule has 0 N–H and O–H groups in total. The van der Waals surface area contributed by atoms with E-state index in [0.29, 0.717) is 11.3 Å². The van der Waals surface area contributed by atoms with Gasteiger partial charge in [-0.2, -0.15) is 0 Å². The maximum Gasteiger partial charge on any atom is 0.175 e. The number of aromatic nitrogens is 2. The van der Waals surface area contributed by atoms with Crippen molar-refractivity contribution in [3.63, 3.8) is 0 Å². The normalized spacial score (nSPS) is 10.8. The molecule has 2 aromatic rings. The fourth-order valence-corrected chi connectivity index (χ4v) is 4.53. The zero-order valence-electron chi connectivity index (χ0n) is 10.6. The molecule has 0 fully saturated rings. The van der Waals surface area contributed by atoms with Gasteiger partial charge in [0.25, 0.3) is 0 Å². The Balaban J connectivity index is 1.85. The van der Waals surface area contributed by atoms with E-state index in [4.69, 9.17) is 0 Å². The molecule has 2 rings (SSSR count). The van der Waals surface area contributed by atoms with E-state index in [-0.39, 0.29) is 5.82 Å². The molecule has 0 aliphatic carbocycles. The third-order valence-corrected chi connectivity index (χ3v) is 5.75. The van der Waals surface area contributed by atoms with Crippen LogP contribution in [0.2, 0.25) is 0 Å². The lowest BCUT2D eigenvalue weighted by molar-refractivity contribution is 0.617. The summed E-state index contributed by atoms with van der Waals surface area (Å²) in [6.45, 7) is 2.18. The van der Waals surface area contributed by atoms with E-state index in [1.54, 1.807) is 35.2 Å². The average Bonchev–Trinajstić information content (AvgIpc) is 2.86. The molecule has 0 amide bonds. The first kappa shape index (κ1) is 14.8. The molecule has 1 aromatic carbocycles. The zero-order chi connectivity index (χ0) is 13.5. The van der Waals surface area contributed by atoms with Crippen LogP contribution in [0.4, 0.5) is 4.39 Å². The molecule has 102 valence electrons. The molecule has 0 aliphatic heterocycles. The van der Waals surface area contributed by atoms with E-state index in [0.717, 1.165) is 14.4 Å². The number of benzene rings is 1. The van der Waals surface area contributed by atoms with Crippen LogP contribution < -0.4 is 0 Å². The summed E-state index contributed by atoms with van der Waals surface area (Å²) in [6.07, 6.45) is 2.39. The van der Waals surface area contributed by atoms with Crippen molar-refractivity contribution in [3.8, 4) is 0 Å². The fourth-order valence-electron chi connectivity index (χ4n) is 1.37. The Morgan fingerprint density at radius 2 is 1.89 bits per heavy atom. The van der Waals surface area contributed by atoms with E-state index in [2.05, 4.69) is 17.1 Å². The maximum absolute atomic E-state index is 13.5. The topological polar surface area (TPSA) is 25.8 Å². The standard InChI is InChI=1S/C13H15FN2S3/c1-2-3-8-17-12-15-16-13(19-12)18-9-10-6-4-5-7-11(10)14/h4-7H,2-3,8-9H2,1H3. The summed E-state index contributed by atoms with van der Waals surface area (Å²) in [5, 5.41) is 8.27. The molecule has 0 radical (unpaired) electrons. The summed E-state index contributed by atoms with van der Waals surface area (Å²) < 4.78 is 15.4. The Hall–Kier alpha value is -0.590. The lowest BCUT2D eigenvalue weighted by Crippen LogP contribution is -1.85. The molecule has 1 aromatic heterocycles. The Morgan fingerprint density at radius 1 is 1.16 bits per heavy atom. The van der Waals surface area contributed by atoms with Gasteiger partial charge in [-0.1, -0.05) is 66.4 Å². The van der Waals surface area contributed by atoms with Gasteiger partial charge in [0.1, 0.15) is 5.82 Å². The van der Waals surface area contributed by atoms with Crippen LogP contribution in [0.25, 0.3) is 0 Å². The summed E-state index contributed by atoms with van der Waals surface area (Å²) in [7, 11) is 0. The minimum absolute atomic E-state index is 0.156. The van der Waals surface area contributed by atoms with Crippen LogP contribution in [0, 0.1) is 5.82 Å². The van der Waals surface area contributed by atoms with Crippen LogP contribution in [0.1, 0.15) is 25.3 Å². The predicted molar refractivity (Wildman–Crippen MR) is 81.5 cm³/mol. The van der Waals surface area contributed by atoms with Crippen molar-refractivity contribution >= 4 is 34.9 Å². The minimum Gasteiger partial charge on any atom is -0.207 e. The number of halogens is 1. The minimum atomic E-state index is -0.156. The quantitative estimate of drug-likeness (QED) is 0.538. The molecule has 0 saturated carbocycles. The number of nitrogens with zero attached hydrogens (tertiary/aromatic N) is 2. The summed E-state index contributed by atoms with van der Waals surface area (Å²) in [6, 6.07) is 6.85. The molecule has 2 nitrogen and oxygen atoms in total. The van der Waals surface area contributed by atoms with Crippen molar-refractivity contribution in [1.82, 2.24) is 10.2 Å². The van der Waals surface area contributed by atoms with Crippen LogP contribution in [0.3, 0.4) is 0 Å². The van der Waals surface area contributed by atoms with Crippen LogP contribution in [0.15, 0.2) is 32.9 Å². The molecule has 0 unspecified atom stereocenters. The molecular weight excluding hydrogens is 299 g/mol. The van der Waals surface area contributed by atoms with Gasteiger partial charge in [-0.05, 0) is 18.1 Å². The van der Waals surface area contributed by atoms with E-state index in [1.807, 2.05) is 6.07 Å². The second-order valence-electron chi connectivity index (χ2n) is 3.92. The van der Waals surface area contributed by atoms with Crippen molar-refractivity contribution in [2.45, 2.75) is 34.2 Å². The molecule has 0 spiro atoms. The van der Waals surface area contributed by atoms with Crippen molar-refractivity contribution in [2.24, 2.45) is 0 Å². The Labute approximate surface area is 125 Å². The van der Waals surface area contributed by atoms with Gasteiger partial charge >= 0.3 is 0 Å². The van der Waals surface area contributed by atoms with Gasteiger partial charge in [-0.25, -0.2) is 4.39 Å². The Morgan fingerprint density at radius 3 is 2.63 bits per heavy atom. The monoisotopic (exact) mass is 314 g/mol. The van der Waals surface area contributed by atoms with Crippen LogP contribution in [-0.4, -0.2) is 16.0 Å². The van der Waals surface area contributed by atoms with E-state index < -0.39 is 0 Å². The molecule has 1 heterocycles. The number of rotatable bonds is 7. The molecule has 0 bridgehead atoms. The molecule has 6 heteroatoms. The van der Waals surface area contributed by atoms with E-state index in [9.17, 15) is 4.39 Å². The van der Waals surface area contributed by atoms with Crippen molar-refractivity contribution in [2.75, 3.05) is 5.75 Å². The van der Waals surface area contributed by atoms with Crippen LogP contribution in [0.5, 0.6) is 0 Å².